The third-order valence-corrected chi connectivity index (χ3v) is 3.87. The Morgan fingerprint density at radius 1 is 1.43 bits per heavy atom. The molecule has 6 heteroatoms. The highest BCUT2D eigenvalue weighted by atomic mass is 19.4. The number of nitrogens with one attached hydrogen (secondary N) is 1. The fourth-order valence-corrected chi connectivity index (χ4v) is 2.67. The predicted octanol–water partition coefficient (Wildman–Crippen LogP) is 3.55. The summed E-state index contributed by atoms with van der Waals surface area (Å²) >= 11 is 0. The molecule has 1 saturated heterocycles. The first-order chi connectivity index (χ1) is 9.86. The molecule has 21 heavy (non-hydrogen) atoms. The second kappa shape index (κ2) is 6.83. The third-order valence-electron chi connectivity index (χ3n) is 3.87. The number of halogens is 3. The maximum atomic E-state index is 12.8. The summed E-state index contributed by atoms with van der Waals surface area (Å²) in [6, 6.07) is 2.20. The van der Waals surface area contributed by atoms with Crippen molar-refractivity contribution in [2.24, 2.45) is 5.92 Å². The van der Waals surface area contributed by atoms with Gasteiger partial charge >= 0.3 is 6.18 Å². The van der Waals surface area contributed by atoms with E-state index in [1.165, 1.54) is 0 Å². The first kappa shape index (κ1) is 16.4. The lowest BCUT2D eigenvalue weighted by atomic mass is 9.97. The van der Waals surface area contributed by atoms with E-state index < -0.39 is 12.1 Å². The molecule has 0 aliphatic carbocycles. The van der Waals surface area contributed by atoms with Crippen LogP contribution in [0.2, 0.25) is 0 Å². The van der Waals surface area contributed by atoms with E-state index in [1.807, 2.05) is 24.8 Å². The molecule has 1 unspecified atom stereocenters. The van der Waals surface area contributed by atoms with Crippen LogP contribution in [0, 0.1) is 5.92 Å². The summed E-state index contributed by atoms with van der Waals surface area (Å²) in [6.45, 7) is 6.03. The molecule has 1 aromatic rings. The van der Waals surface area contributed by atoms with Crippen LogP contribution in [0.5, 0.6) is 0 Å². The zero-order valence-corrected chi connectivity index (χ0v) is 12.5. The number of alkyl halides is 3. The van der Waals surface area contributed by atoms with E-state index in [0.29, 0.717) is 25.6 Å². The fraction of sp³-hybridized carbons (Fsp3) is 0.733. The molecule has 1 aliphatic heterocycles. The molecule has 1 fully saturated rings. The quantitative estimate of drug-likeness (QED) is 0.902. The smallest absolute Gasteiger partial charge is 0.393 e. The average Bonchev–Trinajstić information content (AvgIpc) is 2.83. The van der Waals surface area contributed by atoms with Gasteiger partial charge in [-0.05, 0) is 25.5 Å². The minimum Gasteiger partial charge on any atom is -0.468 e. The summed E-state index contributed by atoms with van der Waals surface area (Å²) in [5, 5.41) is 3.27. The SMILES string of the molecule is CC(C)NCc1occc1CN1CCCC(C(F)(F)F)C1. The number of nitrogens with zero attached hydrogens (tertiary/aromatic N) is 1. The van der Waals surface area contributed by atoms with Crippen LogP contribution < -0.4 is 5.32 Å². The Morgan fingerprint density at radius 3 is 2.86 bits per heavy atom. The van der Waals surface area contributed by atoms with Crippen molar-refractivity contribution in [2.45, 2.75) is 52.0 Å². The van der Waals surface area contributed by atoms with Crippen molar-refractivity contribution in [3.63, 3.8) is 0 Å². The van der Waals surface area contributed by atoms with Gasteiger partial charge in [-0.2, -0.15) is 13.2 Å². The molecule has 120 valence electrons. The Morgan fingerprint density at radius 2 is 2.19 bits per heavy atom. The molecule has 0 radical (unpaired) electrons. The number of piperidine rings is 1. The van der Waals surface area contributed by atoms with E-state index in [1.54, 1.807) is 6.26 Å². The standard InChI is InChI=1S/C15H23F3N2O/c1-11(2)19-8-14-12(5-7-21-14)9-20-6-3-4-13(10-20)15(16,17)18/h5,7,11,13,19H,3-4,6,8-10H2,1-2H3. The van der Waals surface area contributed by atoms with Gasteiger partial charge < -0.3 is 9.73 Å². The third kappa shape index (κ3) is 4.74. The predicted molar refractivity (Wildman–Crippen MR) is 74.7 cm³/mol. The topological polar surface area (TPSA) is 28.4 Å². The zero-order valence-electron chi connectivity index (χ0n) is 12.5. The monoisotopic (exact) mass is 304 g/mol. The maximum Gasteiger partial charge on any atom is 0.393 e. The van der Waals surface area contributed by atoms with E-state index in [2.05, 4.69) is 5.32 Å². The van der Waals surface area contributed by atoms with Crippen LogP contribution in [-0.2, 0) is 13.1 Å². The van der Waals surface area contributed by atoms with E-state index in [0.717, 1.165) is 17.9 Å². The lowest BCUT2D eigenvalue weighted by Crippen LogP contribution is -2.41. The number of furan rings is 1. The van der Waals surface area contributed by atoms with Gasteiger partial charge in [-0.1, -0.05) is 13.8 Å². The average molecular weight is 304 g/mol. The molecular formula is C15H23F3N2O. The van der Waals surface area contributed by atoms with Crippen molar-refractivity contribution in [3.05, 3.63) is 23.7 Å². The molecule has 1 aliphatic rings. The van der Waals surface area contributed by atoms with E-state index in [9.17, 15) is 13.2 Å². The summed E-state index contributed by atoms with van der Waals surface area (Å²) < 4.78 is 43.9. The van der Waals surface area contributed by atoms with Crippen molar-refractivity contribution >= 4 is 0 Å². The van der Waals surface area contributed by atoms with Crippen LogP contribution in [0.4, 0.5) is 13.2 Å². The van der Waals surface area contributed by atoms with Crippen molar-refractivity contribution < 1.29 is 17.6 Å². The molecule has 2 heterocycles. The lowest BCUT2D eigenvalue weighted by Gasteiger charge is -2.33. The molecule has 0 spiro atoms. The van der Waals surface area contributed by atoms with Gasteiger partial charge in [0.15, 0.2) is 0 Å². The van der Waals surface area contributed by atoms with Gasteiger partial charge in [0.05, 0.1) is 18.7 Å². The van der Waals surface area contributed by atoms with Crippen LogP contribution in [-0.4, -0.2) is 30.2 Å². The van der Waals surface area contributed by atoms with Crippen LogP contribution >= 0.6 is 0 Å². The molecule has 0 bridgehead atoms. The van der Waals surface area contributed by atoms with Gasteiger partial charge in [0.25, 0.3) is 0 Å². The van der Waals surface area contributed by atoms with E-state index in [-0.39, 0.29) is 13.0 Å². The molecule has 1 aromatic heterocycles. The minimum absolute atomic E-state index is 0.0890. The molecule has 3 nitrogen and oxygen atoms in total. The fourth-order valence-electron chi connectivity index (χ4n) is 2.67. The van der Waals surface area contributed by atoms with Crippen LogP contribution in [0.1, 0.15) is 38.0 Å². The van der Waals surface area contributed by atoms with E-state index in [4.69, 9.17) is 4.42 Å². The second-order valence-corrected chi connectivity index (χ2v) is 6.02. The van der Waals surface area contributed by atoms with Crippen LogP contribution in [0.25, 0.3) is 0 Å². The van der Waals surface area contributed by atoms with E-state index >= 15 is 0 Å². The first-order valence-electron chi connectivity index (χ1n) is 7.44. The molecular weight excluding hydrogens is 281 g/mol. The number of hydrogen-bond acceptors (Lipinski definition) is 3. The normalized spacial score (nSPS) is 21.1. The van der Waals surface area contributed by atoms with Crippen molar-refractivity contribution in [3.8, 4) is 0 Å². The highest BCUT2D eigenvalue weighted by molar-refractivity contribution is 5.17. The minimum atomic E-state index is -4.09. The molecule has 2 rings (SSSR count). The summed E-state index contributed by atoms with van der Waals surface area (Å²) in [5.41, 5.74) is 0.978. The Hall–Kier alpha value is -1.01. The molecule has 1 atom stereocenters. The van der Waals surface area contributed by atoms with Crippen LogP contribution in [0.15, 0.2) is 16.7 Å². The van der Waals surface area contributed by atoms with Gasteiger partial charge in [0.2, 0.25) is 0 Å². The van der Waals surface area contributed by atoms with Crippen molar-refractivity contribution in [2.75, 3.05) is 13.1 Å². The Balaban J connectivity index is 1.94. The van der Waals surface area contributed by atoms with Gasteiger partial charge in [0, 0.05) is 24.7 Å². The zero-order chi connectivity index (χ0) is 15.5. The number of rotatable bonds is 5. The Kier molecular flexibility index (Phi) is 5.32. The molecule has 0 aromatic carbocycles. The molecule has 0 saturated carbocycles. The first-order valence-corrected chi connectivity index (χ1v) is 7.44. The van der Waals surface area contributed by atoms with Crippen LogP contribution in [0.3, 0.4) is 0 Å². The van der Waals surface area contributed by atoms with Gasteiger partial charge in [-0.15, -0.1) is 0 Å². The highest BCUT2D eigenvalue weighted by Crippen LogP contribution is 2.33. The number of likely N-dealkylation sites (tertiary alicyclic amines) is 1. The van der Waals surface area contributed by atoms with Gasteiger partial charge in [-0.3, -0.25) is 4.90 Å². The van der Waals surface area contributed by atoms with Gasteiger partial charge in [-0.25, -0.2) is 0 Å². The summed E-state index contributed by atoms with van der Waals surface area (Å²) in [5.74, 6) is -0.381. The molecule has 1 N–H and O–H groups in total. The maximum absolute atomic E-state index is 12.8. The lowest BCUT2D eigenvalue weighted by molar-refractivity contribution is -0.187. The summed E-state index contributed by atoms with van der Waals surface area (Å²) in [7, 11) is 0. The largest absolute Gasteiger partial charge is 0.468 e. The highest BCUT2D eigenvalue weighted by Gasteiger charge is 2.41. The Bertz CT molecular complexity index is 442. The van der Waals surface area contributed by atoms with Crippen molar-refractivity contribution in [1.29, 1.82) is 0 Å². The summed E-state index contributed by atoms with van der Waals surface area (Å²) in [4.78, 5) is 1.88. The summed E-state index contributed by atoms with van der Waals surface area (Å²) in [6.07, 6.45) is -1.64. The number of hydrogen-bond donors (Lipinski definition) is 1. The Labute approximate surface area is 123 Å². The van der Waals surface area contributed by atoms with Gasteiger partial charge in [0.1, 0.15) is 5.76 Å². The van der Waals surface area contributed by atoms with Crippen molar-refractivity contribution in [1.82, 2.24) is 10.2 Å². The molecule has 0 amide bonds. The second-order valence-electron chi connectivity index (χ2n) is 6.02.